The number of likely N-dealkylation sites (tertiary alicyclic amines) is 1. The second kappa shape index (κ2) is 3.85. The highest BCUT2D eigenvalue weighted by Crippen LogP contribution is 2.11. The van der Waals surface area contributed by atoms with E-state index in [2.05, 4.69) is 0 Å². The molecule has 1 fully saturated rings. The Morgan fingerprint density at radius 1 is 1.83 bits per heavy atom. The van der Waals surface area contributed by atoms with Crippen molar-refractivity contribution in [3.05, 3.63) is 0 Å². The summed E-state index contributed by atoms with van der Waals surface area (Å²) in [4.78, 5) is 13.5. The van der Waals surface area contributed by atoms with Crippen molar-refractivity contribution in [1.82, 2.24) is 4.90 Å². The van der Waals surface area contributed by atoms with E-state index in [1.165, 1.54) is 0 Å². The molecule has 0 aromatic carbocycles. The minimum Gasteiger partial charge on any atom is -0.393 e. The van der Waals surface area contributed by atoms with Gasteiger partial charge in [0.1, 0.15) is 0 Å². The lowest BCUT2D eigenvalue weighted by atomic mass is 10.2. The fourth-order valence-corrected chi connectivity index (χ4v) is 1.39. The van der Waals surface area contributed by atoms with Crippen molar-refractivity contribution in [2.24, 2.45) is 11.7 Å². The maximum atomic E-state index is 11.2. The van der Waals surface area contributed by atoms with Crippen LogP contribution in [-0.2, 0) is 4.79 Å². The zero-order valence-corrected chi connectivity index (χ0v) is 8.06. The quantitative estimate of drug-likeness (QED) is 0.654. The third-order valence-corrected chi connectivity index (χ3v) is 2.55. The third kappa shape index (κ3) is 2.17. The molecule has 1 unspecified atom stereocenters. The zero-order chi connectivity index (χ0) is 9.14. The summed E-state index contributed by atoms with van der Waals surface area (Å²) in [6, 6.07) is 0. The fraction of sp³-hybridized carbons (Fsp3) is 0.750. The first-order valence-electron chi connectivity index (χ1n) is 4.18. The monoisotopic (exact) mass is 186 g/mol. The molecule has 2 N–H and O–H groups in total. The fourth-order valence-electron chi connectivity index (χ4n) is 1.32. The average Bonchev–Trinajstić information content (AvgIpc) is 2.36. The Hall–Kier alpha value is -0.640. The maximum absolute atomic E-state index is 11.2. The van der Waals surface area contributed by atoms with E-state index in [0.29, 0.717) is 18.0 Å². The lowest BCUT2D eigenvalue weighted by Gasteiger charge is -2.19. The van der Waals surface area contributed by atoms with E-state index in [4.69, 9.17) is 18.0 Å². The van der Waals surface area contributed by atoms with Crippen molar-refractivity contribution in [3.63, 3.8) is 0 Å². The van der Waals surface area contributed by atoms with Gasteiger partial charge in [-0.15, -0.1) is 0 Å². The molecule has 3 nitrogen and oxygen atoms in total. The molecule has 0 aromatic heterocycles. The van der Waals surface area contributed by atoms with Gasteiger partial charge in [-0.25, -0.2) is 0 Å². The minimum atomic E-state index is 0.141. The number of hydrogen-bond acceptors (Lipinski definition) is 2. The molecular weight excluding hydrogens is 172 g/mol. The largest absolute Gasteiger partial charge is 0.393 e. The van der Waals surface area contributed by atoms with Crippen LogP contribution in [0.2, 0.25) is 0 Å². The summed E-state index contributed by atoms with van der Waals surface area (Å²) in [6.45, 7) is 3.51. The Balaban J connectivity index is 2.40. The molecule has 1 rings (SSSR count). The molecular formula is C8H14N2OS. The maximum Gasteiger partial charge on any atom is 0.222 e. The van der Waals surface area contributed by atoms with Crippen LogP contribution < -0.4 is 5.73 Å². The van der Waals surface area contributed by atoms with Gasteiger partial charge in [0.25, 0.3) is 0 Å². The van der Waals surface area contributed by atoms with Crippen LogP contribution in [0.4, 0.5) is 0 Å². The molecule has 1 saturated heterocycles. The van der Waals surface area contributed by atoms with Gasteiger partial charge in [0.05, 0.1) is 4.99 Å². The molecule has 68 valence electrons. The normalized spacial score (nSPS) is 19.8. The number of nitrogens with zero attached hydrogens (tertiary/aromatic N) is 1. The summed E-state index contributed by atoms with van der Waals surface area (Å²) in [6.07, 6.45) is 1.66. The molecule has 0 aliphatic carbocycles. The number of thiocarbonyl (C=S) groups is 1. The molecule has 1 amide bonds. The van der Waals surface area contributed by atoms with E-state index < -0.39 is 0 Å². The van der Waals surface area contributed by atoms with Gasteiger partial charge < -0.3 is 10.6 Å². The van der Waals surface area contributed by atoms with Crippen molar-refractivity contribution in [2.45, 2.75) is 19.8 Å². The van der Waals surface area contributed by atoms with E-state index >= 15 is 0 Å². The summed E-state index contributed by atoms with van der Waals surface area (Å²) >= 11 is 4.83. The van der Waals surface area contributed by atoms with Crippen molar-refractivity contribution < 1.29 is 4.79 Å². The van der Waals surface area contributed by atoms with E-state index in [9.17, 15) is 4.79 Å². The molecule has 1 aliphatic rings. The van der Waals surface area contributed by atoms with Crippen LogP contribution in [0.15, 0.2) is 0 Å². The molecule has 1 atom stereocenters. The number of hydrogen-bond donors (Lipinski definition) is 1. The molecule has 0 aromatic rings. The molecule has 4 heteroatoms. The Morgan fingerprint density at radius 2 is 2.50 bits per heavy atom. The molecule has 12 heavy (non-hydrogen) atoms. The van der Waals surface area contributed by atoms with Crippen molar-refractivity contribution in [2.75, 3.05) is 13.1 Å². The molecule has 0 spiro atoms. The van der Waals surface area contributed by atoms with E-state index in [1.54, 1.807) is 0 Å². The third-order valence-electron chi connectivity index (χ3n) is 2.15. The van der Waals surface area contributed by atoms with Crippen molar-refractivity contribution >= 4 is 23.1 Å². The zero-order valence-electron chi connectivity index (χ0n) is 7.25. The number of rotatable bonds is 3. The summed E-state index contributed by atoms with van der Waals surface area (Å²) in [5, 5.41) is 0. The predicted octanol–water partition coefficient (Wildman–Crippen LogP) is 0.531. The van der Waals surface area contributed by atoms with Gasteiger partial charge in [0, 0.05) is 25.4 Å². The van der Waals surface area contributed by atoms with Gasteiger partial charge in [-0.3, -0.25) is 4.79 Å². The van der Waals surface area contributed by atoms with Crippen LogP contribution in [0.1, 0.15) is 19.8 Å². The lowest BCUT2D eigenvalue weighted by Crippen LogP contribution is -2.34. The van der Waals surface area contributed by atoms with E-state index in [1.807, 2.05) is 11.8 Å². The highest BCUT2D eigenvalue weighted by molar-refractivity contribution is 7.80. The highest BCUT2D eigenvalue weighted by Gasteiger charge is 2.22. The SMILES string of the molecule is CC(CN1CCCC1=O)C(N)=S. The van der Waals surface area contributed by atoms with Gasteiger partial charge in [0.2, 0.25) is 5.91 Å². The number of amides is 1. The molecule has 1 aliphatic heterocycles. The standard InChI is InChI=1S/C8H14N2OS/c1-6(8(9)12)5-10-4-2-3-7(10)11/h6H,2-5H2,1H3,(H2,9,12). The molecule has 1 heterocycles. The highest BCUT2D eigenvalue weighted by atomic mass is 32.1. The first-order valence-corrected chi connectivity index (χ1v) is 4.59. The number of carbonyl (C=O) groups is 1. The smallest absolute Gasteiger partial charge is 0.222 e. The van der Waals surface area contributed by atoms with Gasteiger partial charge in [-0.2, -0.15) is 0 Å². The summed E-state index contributed by atoms with van der Waals surface area (Å²) in [5.41, 5.74) is 5.45. The molecule has 0 saturated carbocycles. The Morgan fingerprint density at radius 3 is 2.92 bits per heavy atom. The minimum absolute atomic E-state index is 0.141. The second-order valence-electron chi connectivity index (χ2n) is 3.25. The summed E-state index contributed by atoms with van der Waals surface area (Å²) < 4.78 is 0. The van der Waals surface area contributed by atoms with Gasteiger partial charge in [-0.1, -0.05) is 19.1 Å². The van der Waals surface area contributed by atoms with Crippen molar-refractivity contribution in [1.29, 1.82) is 0 Å². The van der Waals surface area contributed by atoms with Gasteiger partial charge in [-0.05, 0) is 6.42 Å². The van der Waals surface area contributed by atoms with E-state index in [-0.39, 0.29) is 11.8 Å². The second-order valence-corrected chi connectivity index (χ2v) is 3.72. The first-order chi connectivity index (χ1) is 5.61. The van der Waals surface area contributed by atoms with Gasteiger partial charge >= 0.3 is 0 Å². The molecule has 0 radical (unpaired) electrons. The van der Waals surface area contributed by atoms with Crippen LogP contribution in [0.3, 0.4) is 0 Å². The van der Waals surface area contributed by atoms with Gasteiger partial charge in [0.15, 0.2) is 0 Å². The van der Waals surface area contributed by atoms with Crippen LogP contribution in [0.25, 0.3) is 0 Å². The van der Waals surface area contributed by atoms with Crippen LogP contribution in [0.5, 0.6) is 0 Å². The average molecular weight is 186 g/mol. The first kappa shape index (κ1) is 9.45. The Kier molecular flexibility index (Phi) is 3.03. The number of carbonyl (C=O) groups excluding carboxylic acids is 1. The summed E-state index contributed by atoms with van der Waals surface area (Å²) in [5.74, 6) is 0.375. The lowest BCUT2D eigenvalue weighted by molar-refractivity contribution is -0.127. The van der Waals surface area contributed by atoms with Crippen LogP contribution in [0, 0.1) is 5.92 Å². The van der Waals surface area contributed by atoms with Crippen molar-refractivity contribution in [3.8, 4) is 0 Å². The number of nitrogens with two attached hydrogens (primary N) is 1. The molecule has 0 bridgehead atoms. The summed E-state index contributed by atoms with van der Waals surface area (Å²) in [7, 11) is 0. The van der Waals surface area contributed by atoms with E-state index in [0.717, 1.165) is 13.0 Å². The van der Waals surface area contributed by atoms with Crippen LogP contribution in [-0.4, -0.2) is 28.9 Å². The topological polar surface area (TPSA) is 46.3 Å². The Bertz CT molecular complexity index is 205. The van der Waals surface area contributed by atoms with Crippen LogP contribution >= 0.6 is 12.2 Å². The Labute approximate surface area is 77.9 Å². The predicted molar refractivity (Wildman–Crippen MR) is 51.8 cm³/mol.